The van der Waals surface area contributed by atoms with Gasteiger partial charge >= 0.3 is 0 Å². The molecule has 0 heterocycles. The Labute approximate surface area is 104 Å². The SMILES string of the molecule is COc1ccc(Sc2ccc(N)cc2)cc1O. The van der Waals surface area contributed by atoms with Gasteiger partial charge in [0.2, 0.25) is 0 Å². The fourth-order valence-corrected chi connectivity index (χ4v) is 2.26. The molecule has 88 valence electrons. The van der Waals surface area contributed by atoms with Crippen LogP contribution in [0, 0.1) is 0 Å². The van der Waals surface area contributed by atoms with Gasteiger partial charge in [0, 0.05) is 15.5 Å². The number of rotatable bonds is 3. The predicted molar refractivity (Wildman–Crippen MR) is 69.6 cm³/mol. The Balaban J connectivity index is 2.19. The van der Waals surface area contributed by atoms with Crippen molar-refractivity contribution in [3.63, 3.8) is 0 Å². The van der Waals surface area contributed by atoms with E-state index in [9.17, 15) is 5.11 Å². The Morgan fingerprint density at radius 1 is 1.06 bits per heavy atom. The number of phenolic OH excluding ortho intramolecular Hbond substituents is 1. The Morgan fingerprint density at radius 3 is 2.29 bits per heavy atom. The summed E-state index contributed by atoms with van der Waals surface area (Å²) in [6.45, 7) is 0. The zero-order valence-electron chi connectivity index (χ0n) is 9.38. The molecule has 4 heteroatoms. The number of ether oxygens (including phenoxy) is 1. The molecule has 2 aromatic rings. The van der Waals surface area contributed by atoms with E-state index in [-0.39, 0.29) is 5.75 Å². The van der Waals surface area contributed by atoms with E-state index in [0.29, 0.717) is 5.75 Å². The molecule has 2 rings (SSSR count). The normalized spacial score (nSPS) is 10.2. The zero-order valence-corrected chi connectivity index (χ0v) is 10.2. The lowest BCUT2D eigenvalue weighted by Crippen LogP contribution is -1.84. The maximum atomic E-state index is 9.66. The monoisotopic (exact) mass is 247 g/mol. The van der Waals surface area contributed by atoms with Gasteiger partial charge in [-0.1, -0.05) is 11.8 Å². The molecule has 0 amide bonds. The van der Waals surface area contributed by atoms with Crippen LogP contribution >= 0.6 is 11.8 Å². The van der Waals surface area contributed by atoms with Gasteiger partial charge in [0.15, 0.2) is 11.5 Å². The van der Waals surface area contributed by atoms with Crippen LogP contribution in [0.25, 0.3) is 0 Å². The largest absolute Gasteiger partial charge is 0.504 e. The number of phenols is 1. The number of benzene rings is 2. The minimum atomic E-state index is 0.146. The zero-order chi connectivity index (χ0) is 12.3. The molecule has 3 N–H and O–H groups in total. The molecule has 2 aromatic carbocycles. The molecule has 3 nitrogen and oxygen atoms in total. The van der Waals surface area contributed by atoms with Gasteiger partial charge in [-0.05, 0) is 42.5 Å². The Hall–Kier alpha value is -1.81. The van der Waals surface area contributed by atoms with Gasteiger partial charge in [0.1, 0.15) is 0 Å². The second-order valence-corrected chi connectivity index (χ2v) is 4.65. The first-order valence-corrected chi connectivity index (χ1v) is 5.91. The minimum absolute atomic E-state index is 0.146. The van der Waals surface area contributed by atoms with Crippen LogP contribution in [-0.2, 0) is 0 Å². The Bertz CT molecular complexity index is 511. The molecule has 0 saturated heterocycles. The highest BCUT2D eigenvalue weighted by Crippen LogP contribution is 2.34. The van der Waals surface area contributed by atoms with Crippen LogP contribution in [0.1, 0.15) is 0 Å². The fourth-order valence-electron chi connectivity index (χ4n) is 1.41. The molecule has 0 aromatic heterocycles. The summed E-state index contributed by atoms with van der Waals surface area (Å²) < 4.78 is 4.99. The number of hydrogen-bond donors (Lipinski definition) is 2. The molecular formula is C13H13NO2S. The topological polar surface area (TPSA) is 55.5 Å². The van der Waals surface area contributed by atoms with Gasteiger partial charge in [-0.15, -0.1) is 0 Å². The van der Waals surface area contributed by atoms with Crippen molar-refractivity contribution in [2.75, 3.05) is 12.8 Å². The molecule has 0 radical (unpaired) electrons. The first kappa shape index (κ1) is 11.7. The summed E-state index contributed by atoms with van der Waals surface area (Å²) in [4.78, 5) is 2.02. The Morgan fingerprint density at radius 2 is 1.71 bits per heavy atom. The van der Waals surface area contributed by atoms with Crippen molar-refractivity contribution in [2.45, 2.75) is 9.79 Å². The lowest BCUT2D eigenvalue weighted by atomic mass is 10.3. The quantitative estimate of drug-likeness (QED) is 0.818. The van der Waals surface area contributed by atoms with Crippen LogP contribution in [0.2, 0.25) is 0 Å². The molecule has 0 bridgehead atoms. The van der Waals surface area contributed by atoms with E-state index in [1.165, 1.54) is 7.11 Å². The summed E-state index contributed by atoms with van der Waals surface area (Å²) in [6.07, 6.45) is 0. The van der Waals surface area contributed by atoms with Crippen molar-refractivity contribution in [3.05, 3.63) is 42.5 Å². The van der Waals surface area contributed by atoms with Crippen LogP contribution < -0.4 is 10.5 Å². The summed E-state index contributed by atoms with van der Waals surface area (Å²) >= 11 is 1.56. The van der Waals surface area contributed by atoms with Crippen LogP contribution in [0.15, 0.2) is 52.3 Å². The molecule has 0 saturated carbocycles. The second-order valence-electron chi connectivity index (χ2n) is 3.50. The molecule has 0 fully saturated rings. The average molecular weight is 247 g/mol. The van der Waals surface area contributed by atoms with Gasteiger partial charge in [-0.3, -0.25) is 0 Å². The van der Waals surface area contributed by atoms with Gasteiger partial charge in [0.05, 0.1) is 7.11 Å². The van der Waals surface area contributed by atoms with E-state index in [0.717, 1.165) is 15.5 Å². The number of anilines is 1. The summed E-state index contributed by atoms with van der Waals surface area (Å²) in [5.41, 5.74) is 6.36. The van der Waals surface area contributed by atoms with E-state index < -0.39 is 0 Å². The summed E-state index contributed by atoms with van der Waals surface area (Å²) in [7, 11) is 1.53. The highest BCUT2D eigenvalue weighted by atomic mass is 32.2. The summed E-state index contributed by atoms with van der Waals surface area (Å²) in [5.74, 6) is 0.625. The van der Waals surface area contributed by atoms with Crippen LogP contribution in [0.5, 0.6) is 11.5 Å². The maximum absolute atomic E-state index is 9.66. The fraction of sp³-hybridized carbons (Fsp3) is 0.0769. The number of aromatic hydroxyl groups is 1. The third kappa shape index (κ3) is 2.85. The van der Waals surface area contributed by atoms with Crippen molar-refractivity contribution in [3.8, 4) is 11.5 Å². The number of nitrogens with two attached hydrogens (primary N) is 1. The third-order valence-corrected chi connectivity index (χ3v) is 3.26. The van der Waals surface area contributed by atoms with Crippen LogP contribution in [0.4, 0.5) is 5.69 Å². The molecule has 0 aliphatic rings. The second kappa shape index (κ2) is 5.01. The molecule has 0 unspecified atom stereocenters. The molecule has 0 aliphatic heterocycles. The van der Waals surface area contributed by atoms with Gasteiger partial charge in [-0.25, -0.2) is 0 Å². The first-order valence-electron chi connectivity index (χ1n) is 5.09. The first-order chi connectivity index (χ1) is 8.19. The van der Waals surface area contributed by atoms with Gasteiger partial charge < -0.3 is 15.6 Å². The standard InChI is InChI=1S/C13H13NO2S/c1-16-13-7-6-11(8-12(13)15)17-10-4-2-9(14)3-5-10/h2-8,15H,14H2,1H3. The molecule has 17 heavy (non-hydrogen) atoms. The number of nitrogen functional groups attached to an aromatic ring is 1. The Kier molecular flexibility index (Phi) is 3.44. The van der Waals surface area contributed by atoms with E-state index >= 15 is 0 Å². The van der Waals surface area contributed by atoms with E-state index in [4.69, 9.17) is 10.5 Å². The van der Waals surface area contributed by atoms with Crippen molar-refractivity contribution in [1.29, 1.82) is 0 Å². The van der Waals surface area contributed by atoms with E-state index in [1.807, 2.05) is 30.3 Å². The van der Waals surface area contributed by atoms with Crippen molar-refractivity contribution in [1.82, 2.24) is 0 Å². The molecule has 0 spiro atoms. The lowest BCUT2D eigenvalue weighted by Gasteiger charge is -2.06. The van der Waals surface area contributed by atoms with E-state index in [2.05, 4.69) is 0 Å². The van der Waals surface area contributed by atoms with Gasteiger partial charge in [-0.2, -0.15) is 0 Å². The highest BCUT2D eigenvalue weighted by molar-refractivity contribution is 7.99. The highest BCUT2D eigenvalue weighted by Gasteiger charge is 2.03. The third-order valence-electron chi connectivity index (χ3n) is 2.27. The van der Waals surface area contributed by atoms with Crippen molar-refractivity contribution >= 4 is 17.4 Å². The lowest BCUT2D eigenvalue weighted by molar-refractivity contribution is 0.372. The summed E-state index contributed by atoms with van der Waals surface area (Å²) in [6, 6.07) is 12.9. The van der Waals surface area contributed by atoms with Crippen LogP contribution in [-0.4, -0.2) is 12.2 Å². The van der Waals surface area contributed by atoms with Crippen molar-refractivity contribution in [2.24, 2.45) is 0 Å². The van der Waals surface area contributed by atoms with E-state index in [1.54, 1.807) is 23.9 Å². The maximum Gasteiger partial charge on any atom is 0.160 e. The molecular weight excluding hydrogens is 234 g/mol. The number of methoxy groups -OCH3 is 1. The van der Waals surface area contributed by atoms with Crippen LogP contribution in [0.3, 0.4) is 0 Å². The predicted octanol–water partition coefficient (Wildman–Crippen LogP) is 3.13. The minimum Gasteiger partial charge on any atom is -0.504 e. The summed E-state index contributed by atoms with van der Waals surface area (Å²) in [5, 5.41) is 9.66. The molecule has 0 atom stereocenters. The average Bonchev–Trinajstić information content (AvgIpc) is 2.32. The van der Waals surface area contributed by atoms with Gasteiger partial charge in [0.25, 0.3) is 0 Å². The molecule has 0 aliphatic carbocycles. The number of hydrogen-bond acceptors (Lipinski definition) is 4. The van der Waals surface area contributed by atoms with Crippen molar-refractivity contribution < 1.29 is 9.84 Å². The smallest absolute Gasteiger partial charge is 0.160 e.